The van der Waals surface area contributed by atoms with Crippen LogP contribution in [0.2, 0.25) is 0 Å². The number of fused-ring (bicyclic) bond motifs is 1. The van der Waals surface area contributed by atoms with Gasteiger partial charge in [-0.1, -0.05) is 34.8 Å². The number of rotatable bonds is 4. The first-order chi connectivity index (χ1) is 17.0. The van der Waals surface area contributed by atoms with Gasteiger partial charge in [0, 0.05) is 31.7 Å². The molecule has 1 aliphatic rings. The number of hydrogen-bond donors (Lipinski definition) is 1. The van der Waals surface area contributed by atoms with Crippen molar-refractivity contribution in [1.29, 1.82) is 0 Å². The van der Waals surface area contributed by atoms with Crippen LogP contribution in [-0.4, -0.2) is 56.3 Å². The van der Waals surface area contributed by atoms with Crippen LogP contribution in [0.4, 0.5) is 20.6 Å². The summed E-state index contributed by atoms with van der Waals surface area (Å²) in [5.74, 6) is 0.459. The van der Waals surface area contributed by atoms with Gasteiger partial charge in [0.15, 0.2) is 5.82 Å². The Morgan fingerprint density at radius 2 is 1.63 bits per heavy atom. The molecule has 0 saturated carbocycles. The first kappa shape index (κ1) is 22.9. The van der Waals surface area contributed by atoms with Crippen LogP contribution in [0.5, 0.6) is 0 Å². The Labute approximate surface area is 206 Å². The molecule has 0 spiro atoms. The second-order valence-electron chi connectivity index (χ2n) is 8.24. The maximum absolute atomic E-state index is 14.7. The molecule has 0 amide bonds. The van der Waals surface area contributed by atoms with Crippen molar-refractivity contribution in [3.8, 4) is 11.3 Å². The first-order valence-corrected chi connectivity index (χ1v) is 11.6. The molecule has 4 aromatic rings. The zero-order chi connectivity index (χ0) is 24.4. The molecule has 2 N–H and O–H groups in total. The fraction of sp³-hybridized carbons (Fsp3) is 0.200. The summed E-state index contributed by atoms with van der Waals surface area (Å²) in [7, 11) is 0. The number of aromatic nitrogens is 3. The van der Waals surface area contributed by atoms with Crippen molar-refractivity contribution in [2.45, 2.75) is 6.54 Å². The van der Waals surface area contributed by atoms with Crippen molar-refractivity contribution < 1.29 is 8.87 Å². The van der Waals surface area contributed by atoms with E-state index in [4.69, 9.17) is 22.9 Å². The molecule has 2 aromatic carbocycles. The lowest BCUT2D eigenvalue weighted by atomic mass is 10.1. The van der Waals surface area contributed by atoms with Gasteiger partial charge in [0.05, 0.1) is 17.8 Å². The van der Waals surface area contributed by atoms with Crippen LogP contribution in [-0.2, 0) is 6.54 Å². The van der Waals surface area contributed by atoms with E-state index in [2.05, 4.69) is 14.9 Å². The molecule has 0 radical (unpaired) electrons. The molecule has 178 valence electrons. The van der Waals surface area contributed by atoms with Gasteiger partial charge < -0.3 is 15.5 Å². The van der Waals surface area contributed by atoms with Gasteiger partial charge in [-0.25, -0.2) is 14.4 Å². The van der Waals surface area contributed by atoms with E-state index in [9.17, 15) is 8.87 Å². The van der Waals surface area contributed by atoms with Crippen LogP contribution in [0.1, 0.15) is 5.56 Å². The van der Waals surface area contributed by atoms with E-state index in [1.807, 2.05) is 47.4 Å². The molecule has 0 unspecified atom stereocenters. The van der Waals surface area contributed by atoms with Gasteiger partial charge in [-0.3, -0.25) is 0 Å². The summed E-state index contributed by atoms with van der Waals surface area (Å²) in [4.78, 5) is 17.5. The van der Waals surface area contributed by atoms with Crippen LogP contribution in [0.3, 0.4) is 0 Å². The van der Waals surface area contributed by atoms with Crippen molar-refractivity contribution in [3.05, 3.63) is 78.1 Å². The van der Waals surface area contributed by atoms with E-state index in [0.29, 0.717) is 53.8 Å². The number of nitrogens with two attached hydrogens (primary N) is 1. The van der Waals surface area contributed by atoms with Crippen molar-refractivity contribution in [2.75, 3.05) is 36.8 Å². The highest BCUT2D eigenvalue weighted by molar-refractivity contribution is 7.80. The average Bonchev–Trinajstić information content (AvgIpc) is 2.88. The fourth-order valence-electron chi connectivity index (χ4n) is 4.09. The number of piperazine rings is 1. The molecule has 0 aliphatic carbocycles. The lowest BCUT2D eigenvalue weighted by molar-refractivity contribution is 0.0927. The smallest absolute Gasteiger partial charge is 0.222 e. The fourth-order valence-corrected chi connectivity index (χ4v) is 4.34. The third kappa shape index (κ3) is 4.97. The zero-order valence-electron chi connectivity index (χ0n) is 18.8. The normalized spacial score (nSPS) is 13.8. The summed E-state index contributed by atoms with van der Waals surface area (Å²) in [6.45, 7) is 2.28. The van der Waals surface area contributed by atoms with E-state index < -0.39 is 0 Å². The van der Waals surface area contributed by atoms with Gasteiger partial charge >= 0.3 is 0 Å². The Morgan fingerprint density at radius 1 is 0.914 bits per heavy atom. The molecular formula is C25H23F2N7S. The minimum Gasteiger partial charge on any atom is -0.368 e. The lowest BCUT2D eigenvalue weighted by Crippen LogP contribution is -2.51. The van der Waals surface area contributed by atoms with Crippen molar-refractivity contribution in [3.63, 3.8) is 0 Å². The topological polar surface area (TPSA) is 74.4 Å². The molecule has 7 nitrogen and oxygen atoms in total. The lowest BCUT2D eigenvalue weighted by Gasteiger charge is -2.37. The number of nitrogen functional groups attached to an aromatic ring is 1. The Kier molecular flexibility index (Phi) is 6.37. The Hall–Kier alpha value is -3.92. The maximum atomic E-state index is 14.7. The predicted octanol–water partition coefficient (Wildman–Crippen LogP) is 4.21. The van der Waals surface area contributed by atoms with E-state index in [1.165, 1.54) is 12.1 Å². The standard InChI is InChI=1S/C25H23F2N7S/c26-19-8-6-18(7-9-19)20-10-11-21-22(29-20)23(31-24(28)30-21)32-12-14-33(15-13-32)25(35)34(27)16-17-4-2-1-3-5-17/h1-11H,12-16H2,(H2,28,30,31). The monoisotopic (exact) mass is 491 g/mol. The molecule has 1 fully saturated rings. The van der Waals surface area contributed by atoms with Gasteiger partial charge in [-0.05, 0) is 54.2 Å². The minimum absolute atomic E-state index is 0.100. The molecule has 1 aliphatic heterocycles. The molecule has 35 heavy (non-hydrogen) atoms. The van der Waals surface area contributed by atoms with E-state index >= 15 is 0 Å². The molecule has 1 saturated heterocycles. The number of anilines is 2. The highest BCUT2D eigenvalue weighted by Crippen LogP contribution is 2.28. The summed E-state index contributed by atoms with van der Waals surface area (Å²) in [5, 5.41) is 0.770. The summed E-state index contributed by atoms with van der Waals surface area (Å²) >= 11 is 5.40. The van der Waals surface area contributed by atoms with Crippen LogP contribution in [0.15, 0.2) is 66.7 Å². The molecule has 10 heteroatoms. The van der Waals surface area contributed by atoms with E-state index in [-0.39, 0.29) is 23.4 Å². The largest absolute Gasteiger partial charge is 0.368 e. The highest BCUT2D eigenvalue weighted by Gasteiger charge is 2.25. The molecule has 0 bridgehead atoms. The quantitative estimate of drug-likeness (QED) is 0.336. The van der Waals surface area contributed by atoms with E-state index in [1.54, 1.807) is 12.1 Å². The second kappa shape index (κ2) is 9.75. The number of pyridine rings is 1. The van der Waals surface area contributed by atoms with Crippen molar-refractivity contribution >= 4 is 40.1 Å². The van der Waals surface area contributed by atoms with Crippen molar-refractivity contribution in [2.24, 2.45) is 0 Å². The van der Waals surface area contributed by atoms with Gasteiger partial charge in [0.2, 0.25) is 11.1 Å². The Morgan fingerprint density at radius 3 is 2.34 bits per heavy atom. The number of nitrogens with zero attached hydrogens (tertiary/aromatic N) is 6. The highest BCUT2D eigenvalue weighted by atomic mass is 32.1. The van der Waals surface area contributed by atoms with Crippen LogP contribution >= 0.6 is 12.2 Å². The second-order valence-corrected chi connectivity index (χ2v) is 8.60. The predicted molar refractivity (Wildman–Crippen MR) is 137 cm³/mol. The van der Waals surface area contributed by atoms with Crippen LogP contribution in [0, 0.1) is 5.82 Å². The van der Waals surface area contributed by atoms with Crippen LogP contribution < -0.4 is 10.6 Å². The van der Waals surface area contributed by atoms with Gasteiger partial charge in [-0.15, -0.1) is 0 Å². The van der Waals surface area contributed by atoms with Gasteiger partial charge in [0.25, 0.3) is 0 Å². The Balaban J connectivity index is 1.34. The number of hydrogen-bond acceptors (Lipinski definition) is 6. The first-order valence-electron chi connectivity index (χ1n) is 11.2. The SMILES string of the molecule is Nc1nc(N2CCN(C(=S)N(F)Cc3ccccc3)CC2)c2nc(-c3ccc(F)cc3)ccc2n1. The third-order valence-electron chi connectivity index (χ3n) is 5.90. The summed E-state index contributed by atoms with van der Waals surface area (Å²) in [6, 6.07) is 19.2. The van der Waals surface area contributed by atoms with Gasteiger partial charge in [-0.2, -0.15) is 10.1 Å². The van der Waals surface area contributed by atoms with E-state index in [0.717, 1.165) is 11.1 Å². The molecule has 0 atom stereocenters. The maximum Gasteiger partial charge on any atom is 0.222 e. The number of halogens is 2. The summed E-state index contributed by atoms with van der Waals surface area (Å²) in [6.07, 6.45) is 0. The summed E-state index contributed by atoms with van der Waals surface area (Å²) < 4.78 is 28.1. The molecule has 3 heterocycles. The summed E-state index contributed by atoms with van der Waals surface area (Å²) in [5.41, 5.74) is 9.52. The van der Waals surface area contributed by atoms with Gasteiger partial charge in [0.1, 0.15) is 11.3 Å². The minimum atomic E-state index is -0.308. The zero-order valence-corrected chi connectivity index (χ0v) is 19.6. The van der Waals surface area contributed by atoms with Crippen molar-refractivity contribution in [1.82, 2.24) is 25.0 Å². The Bertz CT molecular complexity index is 1340. The average molecular weight is 492 g/mol. The molecule has 2 aromatic heterocycles. The van der Waals surface area contributed by atoms with Crippen LogP contribution in [0.25, 0.3) is 22.3 Å². The third-order valence-corrected chi connectivity index (χ3v) is 6.36. The number of benzene rings is 2. The molecular weight excluding hydrogens is 468 g/mol. The number of thiocarbonyl (C=S) groups is 1. The molecule has 5 rings (SSSR count).